The standard InChI is InChI=1S/C13H15F2N3O/c1-8-10(5-6-16-2)13(19)17-18(8)9-3-4-11(14)12(15)7-9/h3-4,7,16H,5-6H2,1-2H3,(H,17,19). The number of likely N-dealkylation sites (N-methyl/N-ethyl adjacent to an activating group) is 1. The fourth-order valence-electron chi connectivity index (χ4n) is 1.98. The van der Waals surface area contributed by atoms with Crippen molar-refractivity contribution < 1.29 is 8.78 Å². The van der Waals surface area contributed by atoms with Gasteiger partial charge in [-0.15, -0.1) is 0 Å². The van der Waals surface area contributed by atoms with Crippen LogP contribution in [-0.2, 0) is 6.42 Å². The lowest BCUT2D eigenvalue weighted by molar-refractivity contribution is 0.507. The van der Waals surface area contributed by atoms with E-state index in [0.29, 0.717) is 29.9 Å². The molecule has 0 saturated heterocycles. The minimum absolute atomic E-state index is 0.211. The van der Waals surface area contributed by atoms with Crippen LogP contribution in [0.2, 0.25) is 0 Å². The molecule has 1 aromatic heterocycles. The summed E-state index contributed by atoms with van der Waals surface area (Å²) in [5.41, 5.74) is 1.52. The fourth-order valence-corrected chi connectivity index (χ4v) is 1.98. The van der Waals surface area contributed by atoms with E-state index in [1.165, 1.54) is 10.7 Å². The van der Waals surface area contributed by atoms with Gasteiger partial charge in [0.1, 0.15) is 0 Å². The van der Waals surface area contributed by atoms with Gasteiger partial charge in [0, 0.05) is 17.3 Å². The molecule has 2 aromatic rings. The molecule has 0 atom stereocenters. The highest BCUT2D eigenvalue weighted by Crippen LogP contribution is 2.15. The van der Waals surface area contributed by atoms with Gasteiger partial charge in [0.05, 0.1) is 5.69 Å². The van der Waals surface area contributed by atoms with Crippen molar-refractivity contribution in [3.8, 4) is 5.69 Å². The average molecular weight is 267 g/mol. The van der Waals surface area contributed by atoms with Crippen molar-refractivity contribution in [2.24, 2.45) is 0 Å². The Morgan fingerprint density at radius 2 is 2.05 bits per heavy atom. The zero-order valence-electron chi connectivity index (χ0n) is 10.8. The number of H-pyrrole nitrogens is 1. The summed E-state index contributed by atoms with van der Waals surface area (Å²) in [7, 11) is 1.80. The van der Waals surface area contributed by atoms with Gasteiger partial charge in [-0.25, -0.2) is 8.78 Å². The maximum atomic E-state index is 13.2. The van der Waals surface area contributed by atoms with Crippen LogP contribution in [0.3, 0.4) is 0 Å². The largest absolute Gasteiger partial charge is 0.319 e. The van der Waals surface area contributed by atoms with E-state index in [2.05, 4.69) is 10.4 Å². The lowest BCUT2D eigenvalue weighted by Crippen LogP contribution is -2.15. The zero-order valence-corrected chi connectivity index (χ0v) is 10.8. The van der Waals surface area contributed by atoms with E-state index < -0.39 is 11.6 Å². The van der Waals surface area contributed by atoms with Crippen LogP contribution in [0.25, 0.3) is 5.69 Å². The minimum Gasteiger partial charge on any atom is -0.319 e. The summed E-state index contributed by atoms with van der Waals surface area (Å²) in [6.07, 6.45) is 0.578. The number of aromatic nitrogens is 2. The number of nitrogens with one attached hydrogen (secondary N) is 2. The van der Waals surface area contributed by atoms with Crippen LogP contribution in [0.4, 0.5) is 8.78 Å². The third kappa shape index (κ3) is 2.58. The zero-order chi connectivity index (χ0) is 14.0. The van der Waals surface area contributed by atoms with Crippen molar-refractivity contribution in [2.75, 3.05) is 13.6 Å². The first-order chi connectivity index (χ1) is 9.04. The summed E-state index contributed by atoms with van der Waals surface area (Å²) in [5, 5.41) is 5.59. The molecule has 0 aliphatic carbocycles. The first kappa shape index (κ1) is 13.5. The summed E-state index contributed by atoms with van der Waals surface area (Å²) in [6.45, 7) is 2.44. The third-order valence-electron chi connectivity index (χ3n) is 3.05. The average Bonchev–Trinajstić information content (AvgIpc) is 2.66. The van der Waals surface area contributed by atoms with E-state index in [1.54, 1.807) is 14.0 Å². The highest BCUT2D eigenvalue weighted by atomic mass is 19.2. The topological polar surface area (TPSA) is 49.8 Å². The van der Waals surface area contributed by atoms with Gasteiger partial charge >= 0.3 is 0 Å². The number of halogens is 2. The van der Waals surface area contributed by atoms with E-state index in [4.69, 9.17) is 0 Å². The molecular formula is C13H15F2N3O. The van der Waals surface area contributed by atoms with E-state index in [1.807, 2.05) is 0 Å². The molecule has 6 heteroatoms. The number of rotatable bonds is 4. The molecule has 1 aromatic carbocycles. The summed E-state index contributed by atoms with van der Waals surface area (Å²) < 4.78 is 27.6. The van der Waals surface area contributed by atoms with Crippen LogP contribution in [-0.4, -0.2) is 23.4 Å². The number of benzene rings is 1. The first-order valence-corrected chi connectivity index (χ1v) is 5.95. The van der Waals surface area contributed by atoms with Crippen molar-refractivity contribution in [3.05, 3.63) is 51.4 Å². The van der Waals surface area contributed by atoms with Crippen LogP contribution in [0.5, 0.6) is 0 Å². The Hall–Kier alpha value is -1.95. The molecule has 1 heterocycles. The van der Waals surface area contributed by atoms with Crippen molar-refractivity contribution in [1.29, 1.82) is 0 Å². The molecule has 2 N–H and O–H groups in total. The van der Waals surface area contributed by atoms with Gasteiger partial charge in [0.2, 0.25) is 0 Å². The molecule has 4 nitrogen and oxygen atoms in total. The van der Waals surface area contributed by atoms with E-state index in [0.717, 1.165) is 12.1 Å². The Kier molecular flexibility index (Phi) is 3.80. The molecule has 0 amide bonds. The number of hydrogen-bond acceptors (Lipinski definition) is 2. The molecule has 102 valence electrons. The Balaban J connectivity index is 2.45. The van der Waals surface area contributed by atoms with Gasteiger partial charge in [0.25, 0.3) is 5.56 Å². The molecule has 0 fully saturated rings. The van der Waals surface area contributed by atoms with Gasteiger partial charge in [0.15, 0.2) is 11.6 Å². The summed E-state index contributed by atoms with van der Waals surface area (Å²) in [4.78, 5) is 11.8. The quantitative estimate of drug-likeness (QED) is 0.882. The van der Waals surface area contributed by atoms with E-state index >= 15 is 0 Å². The van der Waals surface area contributed by atoms with Gasteiger partial charge < -0.3 is 5.32 Å². The fraction of sp³-hybridized carbons (Fsp3) is 0.308. The van der Waals surface area contributed by atoms with E-state index in [9.17, 15) is 13.6 Å². The van der Waals surface area contributed by atoms with Crippen molar-refractivity contribution in [3.63, 3.8) is 0 Å². The van der Waals surface area contributed by atoms with Gasteiger partial charge in [-0.2, -0.15) is 0 Å². The molecule has 0 saturated carbocycles. The predicted molar refractivity (Wildman–Crippen MR) is 68.7 cm³/mol. The number of nitrogens with zero attached hydrogens (tertiary/aromatic N) is 1. The Labute approximate surface area is 109 Å². The lowest BCUT2D eigenvalue weighted by Gasteiger charge is -2.06. The molecule has 0 unspecified atom stereocenters. The molecule has 0 spiro atoms. The van der Waals surface area contributed by atoms with Crippen LogP contribution >= 0.6 is 0 Å². The van der Waals surface area contributed by atoms with Crippen molar-refractivity contribution in [1.82, 2.24) is 15.1 Å². The molecule has 0 aliphatic heterocycles. The SMILES string of the molecule is CNCCc1c(C)n(-c2ccc(F)c(F)c2)[nH]c1=O. The second-order valence-electron chi connectivity index (χ2n) is 4.29. The summed E-state index contributed by atoms with van der Waals surface area (Å²) in [5.74, 6) is -1.85. The van der Waals surface area contributed by atoms with Crippen molar-refractivity contribution >= 4 is 0 Å². The van der Waals surface area contributed by atoms with Gasteiger partial charge in [-0.3, -0.25) is 14.6 Å². The predicted octanol–water partition coefficient (Wildman–Crippen LogP) is 1.51. The summed E-state index contributed by atoms with van der Waals surface area (Å²) in [6, 6.07) is 3.51. The monoisotopic (exact) mass is 267 g/mol. The smallest absolute Gasteiger partial charge is 0.267 e. The van der Waals surface area contributed by atoms with Crippen LogP contribution in [0, 0.1) is 18.6 Å². The van der Waals surface area contributed by atoms with Gasteiger partial charge in [-0.1, -0.05) is 0 Å². The highest BCUT2D eigenvalue weighted by Gasteiger charge is 2.13. The molecule has 0 radical (unpaired) electrons. The highest BCUT2D eigenvalue weighted by molar-refractivity contribution is 5.35. The molecule has 0 aliphatic rings. The Bertz CT molecular complexity index is 646. The second kappa shape index (κ2) is 5.36. The summed E-state index contributed by atoms with van der Waals surface area (Å²) >= 11 is 0. The molecule has 19 heavy (non-hydrogen) atoms. The van der Waals surface area contributed by atoms with Gasteiger partial charge in [-0.05, 0) is 39.1 Å². The number of aromatic amines is 1. The van der Waals surface area contributed by atoms with Crippen LogP contribution in [0.15, 0.2) is 23.0 Å². The third-order valence-corrected chi connectivity index (χ3v) is 3.05. The van der Waals surface area contributed by atoms with E-state index in [-0.39, 0.29) is 5.56 Å². The first-order valence-electron chi connectivity index (χ1n) is 5.95. The van der Waals surface area contributed by atoms with Crippen LogP contribution in [0.1, 0.15) is 11.3 Å². The molecule has 2 rings (SSSR count). The molecular weight excluding hydrogens is 252 g/mol. The maximum Gasteiger partial charge on any atom is 0.267 e. The van der Waals surface area contributed by atoms with Crippen molar-refractivity contribution in [2.45, 2.75) is 13.3 Å². The minimum atomic E-state index is -0.941. The second-order valence-corrected chi connectivity index (χ2v) is 4.29. The maximum absolute atomic E-state index is 13.2. The normalized spacial score (nSPS) is 10.9. The number of hydrogen-bond donors (Lipinski definition) is 2. The Morgan fingerprint density at radius 1 is 1.32 bits per heavy atom. The van der Waals surface area contributed by atoms with Crippen LogP contribution < -0.4 is 10.9 Å². The Morgan fingerprint density at radius 3 is 2.68 bits per heavy atom. The lowest BCUT2D eigenvalue weighted by atomic mass is 10.2. The molecule has 0 bridgehead atoms.